The monoisotopic (exact) mass is 210 g/mol. The van der Waals surface area contributed by atoms with Crippen molar-refractivity contribution in [3.8, 4) is 0 Å². The van der Waals surface area contributed by atoms with E-state index in [9.17, 15) is 9.18 Å². The van der Waals surface area contributed by atoms with E-state index in [2.05, 4.69) is 4.98 Å². The van der Waals surface area contributed by atoms with Crippen LogP contribution in [0.25, 0.3) is 0 Å². The molecule has 1 aromatic heterocycles. The van der Waals surface area contributed by atoms with Crippen molar-refractivity contribution >= 4 is 11.8 Å². The van der Waals surface area contributed by atoms with Gasteiger partial charge in [0.25, 0.3) is 0 Å². The summed E-state index contributed by atoms with van der Waals surface area (Å²) >= 11 is 0. The van der Waals surface area contributed by atoms with Gasteiger partial charge in [-0.3, -0.25) is 0 Å². The van der Waals surface area contributed by atoms with Gasteiger partial charge in [0, 0.05) is 12.7 Å². The summed E-state index contributed by atoms with van der Waals surface area (Å²) in [4.78, 5) is 16.3. The Balaban J connectivity index is 2.30. The Labute approximate surface area is 86.4 Å². The molecule has 4 nitrogen and oxygen atoms in total. The van der Waals surface area contributed by atoms with Crippen LogP contribution in [0.2, 0.25) is 0 Å². The van der Waals surface area contributed by atoms with E-state index >= 15 is 0 Å². The molecule has 80 valence electrons. The zero-order valence-corrected chi connectivity index (χ0v) is 8.06. The first-order chi connectivity index (χ1) is 7.20. The standard InChI is InChI=1S/C10H11FN2O2/c11-7-3-1-5-12-9(7)13-6-2-4-8(13)10(14)15/h1,3,5,8H,2,4,6H2,(H,14,15)/t8-/m1/s1. The molecule has 1 aromatic rings. The van der Waals surface area contributed by atoms with Crippen LogP contribution in [0.3, 0.4) is 0 Å². The Morgan fingerprint density at radius 1 is 1.67 bits per heavy atom. The van der Waals surface area contributed by atoms with Gasteiger partial charge in [-0.2, -0.15) is 0 Å². The number of carboxylic acids is 1. The van der Waals surface area contributed by atoms with Crippen LogP contribution in [0.5, 0.6) is 0 Å². The highest BCUT2D eigenvalue weighted by Crippen LogP contribution is 2.25. The highest BCUT2D eigenvalue weighted by molar-refractivity contribution is 5.78. The molecular formula is C10H11FN2O2. The Morgan fingerprint density at radius 3 is 3.13 bits per heavy atom. The molecule has 0 aliphatic carbocycles. The minimum absolute atomic E-state index is 0.141. The lowest BCUT2D eigenvalue weighted by Crippen LogP contribution is -2.36. The van der Waals surface area contributed by atoms with Crippen molar-refractivity contribution in [1.29, 1.82) is 0 Å². The summed E-state index contributed by atoms with van der Waals surface area (Å²) in [7, 11) is 0. The van der Waals surface area contributed by atoms with E-state index in [4.69, 9.17) is 5.11 Å². The van der Waals surface area contributed by atoms with Gasteiger partial charge in [0.2, 0.25) is 0 Å². The fourth-order valence-electron chi connectivity index (χ4n) is 1.87. The zero-order chi connectivity index (χ0) is 10.8. The molecule has 2 heterocycles. The third-order valence-corrected chi connectivity index (χ3v) is 2.55. The minimum Gasteiger partial charge on any atom is -0.480 e. The molecule has 5 heteroatoms. The Hall–Kier alpha value is -1.65. The zero-order valence-electron chi connectivity index (χ0n) is 8.06. The van der Waals surface area contributed by atoms with E-state index in [0.717, 1.165) is 6.42 Å². The normalized spacial score (nSPS) is 20.6. The second-order valence-electron chi connectivity index (χ2n) is 3.50. The van der Waals surface area contributed by atoms with Gasteiger partial charge in [-0.25, -0.2) is 14.2 Å². The molecule has 0 amide bonds. The maximum atomic E-state index is 13.4. The van der Waals surface area contributed by atoms with Crippen molar-refractivity contribution in [2.75, 3.05) is 11.4 Å². The van der Waals surface area contributed by atoms with Crippen LogP contribution in [0.1, 0.15) is 12.8 Å². The lowest BCUT2D eigenvalue weighted by molar-refractivity contribution is -0.138. The summed E-state index contributed by atoms with van der Waals surface area (Å²) in [6.45, 7) is 0.547. The van der Waals surface area contributed by atoms with E-state index in [0.29, 0.717) is 13.0 Å². The molecule has 1 atom stereocenters. The lowest BCUT2D eigenvalue weighted by atomic mass is 10.2. The fourth-order valence-corrected chi connectivity index (χ4v) is 1.87. The molecule has 0 radical (unpaired) electrons. The molecule has 0 unspecified atom stereocenters. The Bertz CT molecular complexity index is 383. The first-order valence-electron chi connectivity index (χ1n) is 4.80. The topological polar surface area (TPSA) is 53.4 Å². The molecule has 0 aromatic carbocycles. The number of aliphatic carboxylic acids is 1. The van der Waals surface area contributed by atoms with Crippen molar-refractivity contribution < 1.29 is 14.3 Å². The minimum atomic E-state index is -0.919. The average Bonchev–Trinajstić information content (AvgIpc) is 2.67. The summed E-state index contributed by atoms with van der Waals surface area (Å²) < 4.78 is 13.4. The molecule has 1 aliphatic heterocycles. The summed E-state index contributed by atoms with van der Waals surface area (Å²) in [6, 6.07) is 2.14. The van der Waals surface area contributed by atoms with E-state index < -0.39 is 17.8 Å². The van der Waals surface area contributed by atoms with Crippen molar-refractivity contribution in [2.24, 2.45) is 0 Å². The summed E-state index contributed by atoms with van der Waals surface area (Å²) in [5.41, 5.74) is 0. The fraction of sp³-hybridized carbons (Fsp3) is 0.400. The van der Waals surface area contributed by atoms with Crippen LogP contribution < -0.4 is 4.90 Å². The first-order valence-corrected chi connectivity index (χ1v) is 4.80. The van der Waals surface area contributed by atoms with Crippen LogP contribution in [0, 0.1) is 5.82 Å². The summed E-state index contributed by atoms with van der Waals surface area (Å²) in [6.07, 6.45) is 2.77. The number of rotatable bonds is 2. The second kappa shape index (κ2) is 3.84. The first kappa shape index (κ1) is 9.89. The van der Waals surface area contributed by atoms with Gasteiger partial charge < -0.3 is 10.0 Å². The van der Waals surface area contributed by atoms with Gasteiger partial charge in [0.1, 0.15) is 6.04 Å². The quantitative estimate of drug-likeness (QED) is 0.798. The molecule has 1 fully saturated rings. The molecule has 1 N–H and O–H groups in total. The number of aromatic nitrogens is 1. The largest absolute Gasteiger partial charge is 0.480 e. The Morgan fingerprint density at radius 2 is 2.47 bits per heavy atom. The van der Waals surface area contributed by atoms with Gasteiger partial charge in [0.05, 0.1) is 0 Å². The number of carbonyl (C=O) groups is 1. The van der Waals surface area contributed by atoms with E-state index in [1.165, 1.54) is 23.2 Å². The number of pyridine rings is 1. The molecular weight excluding hydrogens is 199 g/mol. The van der Waals surface area contributed by atoms with Crippen LogP contribution in [0.15, 0.2) is 18.3 Å². The van der Waals surface area contributed by atoms with Gasteiger partial charge >= 0.3 is 5.97 Å². The number of hydrogen-bond acceptors (Lipinski definition) is 3. The number of anilines is 1. The van der Waals surface area contributed by atoms with Gasteiger partial charge in [0.15, 0.2) is 11.6 Å². The van der Waals surface area contributed by atoms with E-state index in [1.807, 2.05) is 0 Å². The van der Waals surface area contributed by atoms with Crippen LogP contribution in [0.4, 0.5) is 10.2 Å². The van der Waals surface area contributed by atoms with Crippen molar-refractivity contribution in [2.45, 2.75) is 18.9 Å². The van der Waals surface area contributed by atoms with Gasteiger partial charge in [-0.15, -0.1) is 0 Å². The molecule has 0 spiro atoms. The maximum Gasteiger partial charge on any atom is 0.326 e. The Kier molecular flexibility index (Phi) is 2.53. The van der Waals surface area contributed by atoms with Crippen LogP contribution >= 0.6 is 0 Å². The molecule has 0 saturated carbocycles. The van der Waals surface area contributed by atoms with E-state index in [1.54, 1.807) is 0 Å². The maximum absolute atomic E-state index is 13.4. The smallest absolute Gasteiger partial charge is 0.326 e. The van der Waals surface area contributed by atoms with Crippen LogP contribution in [-0.2, 0) is 4.79 Å². The molecule has 2 rings (SSSR count). The summed E-state index contributed by atoms with van der Waals surface area (Å²) in [5.74, 6) is -1.24. The summed E-state index contributed by atoms with van der Waals surface area (Å²) in [5, 5.41) is 8.94. The number of nitrogens with zero attached hydrogens (tertiary/aromatic N) is 2. The van der Waals surface area contributed by atoms with Crippen LogP contribution in [-0.4, -0.2) is 28.6 Å². The molecule has 0 bridgehead atoms. The van der Waals surface area contributed by atoms with Gasteiger partial charge in [-0.1, -0.05) is 0 Å². The predicted molar refractivity (Wildman–Crippen MR) is 52.2 cm³/mol. The number of halogens is 1. The van der Waals surface area contributed by atoms with Crippen molar-refractivity contribution in [3.63, 3.8) is 0 Å². The number of hydrogen-bond donors (Lipinski definition) is 1. The lowest BCUT2D eigenvalue weighted by Gasteiger charge is -2.22. The molecule has 1 aliphatic rings. The number of carboxylic acid groups (broad SMARTS) is 1. The third kappa shape index (κ3) is 1.77. The highest BCUT2D eigenvalue weighted by atomic mass is 19.1. The molecule has 1 saturated heterocycles. The van der Waals surface area contributed by atoms with E-state index in [-0.39, 0.29) is 5.82 Å². The van der Waals surface area contributed by atoms with Crippen molar-refractivity contribution in [3.05, 3.63) is 24.1 Å². The third-order valence-electron chi connectivity index (χ3n) is 2.55. The van der Waals surface area contributed by atoms with Crippen molar-refractivity contribution in [1.82, 2.24) is 4.98 Å². The second-order valence-corrected chi connectivity index (χ2v) is 3.50. The highest BCUT2D eigenvalue weighted by Gasteiger charge is 2.32. The van der Waals surface area contributed by atoms with Gasteiger partial charge in [-0.05, 0) is 25.0 Å². The SMILES string of the molecule is O=C(O)[C@H]1CCCN1c1ncccc1F. The molecule has 15 heavy (non-hydrogen) atoms. The predicted octanol–water partition coefficient (Wildman–Crippen LogP) is 1.27. The average molecular weight is 210 g/mol.